The zero-order valence-corrected chi connectivity index (χ0v) is 17.9. The van der Waals surface area contributed by atoms with Crippen LogP contribution in [-0.4, -0.2) is 43.0 Å². The van der Waals surface area contributed by atoms with Crippen molar-refractivity contribution in [2.24, 2.45) is 5.92 Å². The van der Waals surface area contributed by atoms with Gasteiger partial charge in [0.2, 0.25) is 6.79 Å². The van der Waals surface area contributed by atoms with Gasteiger partial charge in [-0.25, -0.2) is 14.4 Å². The van der Waals surface area contributed by atoms with Crippen LogP contribution in [0.25, 0.3) is 6.08 Å². The summed E-state index contributed by atoms with van der Waals surface area (Å²) < 4.78 is 27.3. The minimum atomic E-state index is -0.781. The maximum atomic E-state index is 12.7. The van der Waals surface area contributed by atoms with Crippen LogP contribution in [0.5, 0.6) is 11.5 Å². The van der Waals surface area contributed by atoms with E-state index in [1.54, 1.807) is 36.4 Å². The smallest absolute Gasteiger partial charge is 0.334 e. The van der Waals surface area contributed by atoms with Crippen molar-refractivity contribution < 1.29 is 38.1 Å². The van der Waals surface area contributed by atoms with E-state index in [9.17, 15) is 14.4 Å². The lowest BCUT2D eigenvalue weighted by Crippen LogP contribution is -2.32. The number of esters is 3. The zero-order chi connectivity index (χ0) is 23.1. The monoisotopic (exact) mass is 450 g/mol. The Kier molecular flexibility index (Phi) is 5.28. The number of carbonyl (C=O) groups is 3. The summed E-state index contributed by atoms with van der Waals surface area (Å²) in [5.41, 5.74) is 2.27. The number of benzene rings is 1. The second kappa shape index (κ2) is 8.27. The van der Waals surface area contributed by atoms with E-state index in [1.807, 2.05) is 6.92 Å². The van der Waals surface area contributed by atoms with Gasteiger partial charge >= 0.3 is 17.9 Å². The highest BCUT2D eigenvalue weighted by molar-refractivity contribution is 5.93. The van der Waals surface area contributed by atoms with Gasteiger partial charge in [-0.15, -0.1) is 0 Å². The van der Waals surface area contributed by atoms with Crippen LogP contribution in [0.1, 0.15) is 25.3 Å². The molecule has 8 heteroatoms. The van der Waals surface area contributed by atoms with Crippen molar-refractivity contribution >= 4 is 24.0 Å². The fourth-order valence-electron chi connectivity index (χ4n) is 4.47. The van der Waals surface area contributed by atoms with Gasteiger partial charge in [-0.05, 0) is 42.8 Å². The Balaban J connectivity index is 1.38. The summed E-state index contributed by atoms with van der Waals surface area (Å²) in [6.07, 6.45) is 5.27. The van der Waals surface area contributed by atoms with Crippen LogP contribution in [0.4, 0.5) is 0 Å². The number of fused-ring (bicyclic) bond motifs is 3. The van der Waals surface area contributed by atoms with Crippen molar-refractivity contribution in [3.05, 3.63) is 65.3 Å². The van der Waals surface area contributed by atoms with E-state index in [2.05, 4.69) is 6.58 Å². The first kappa shape index (κ1) is 21.1. The zero-order valence-electron chi connectivity index (χ0n) is 17.9. The predicted molar refractivity (Wildman–Crippen MR) is 115 cm³/mol. The quantitative estimate of drug-likeness (QED) is 0.300. The van der Waals surface area contributed by atoms with E-state index in [-0.39, 0.29) is 24.9 Å². The Labute approximate surface area is 190 Å². The molecule has 8 nitrogen and oxygen atoms in total. The summed E-state index contributed by atoms with van der Waals surface area (Å²) in [6, 6.07) is 5.33. The Bertz CT molecular complexity index is 1140. The summed E-state index contributed by atoms with van der Waals surface area (Å²) in [6.45, 7) is 5.89. The molecule has 1 aliphatic carbocycles. The first-order chi connectivity index (χ1) is 15.9. The number of carbonyl (C=O) groups excluding carboxylic acids is 3. The van der Waals surface area contributed by atoms with Gasteiger partial charge in [-0.1, -0.05) is 18.2 Å². The third-order valence-electron chi connectivity index (χ3n) is 6.04. The highest BCUT2D eigenvalue weighted by atomic mass is 16.7. The molecule has 1 fully saturated rings. The highest BCUT2D eigenvalue weighted by Gasteiger charge is 2.46. The lowest BCUT2D eigenvalue weighted by Gasteiger charge is -2.25. The molecule has 0 spiro atoms. The van der Waals surface area contributed by atoms with Crippen molar-refractivity contribution in [1.29, 1.82) is 0 Å². The summed E-state index contributed by atoms with van der Waals surface area (Å²) in [4.78, 5) is 37.2. The largest absolute Gasteiger partial charge is 0.458 e. The van der Waals surface area contributed by atoms with Crippen LogP contribution in [-0.2, 0) is 28.6 Å². The molecule has 3 aliphatic heterocycles. The van der Waals surface area contributed by atoms with Gasteiger partial charge in [-0.2, -0.15) is 0 Å². The molecule has 0 radical (unpaired) electrons. The molecular weight excluding hydrogens is 428 g/mol. The summed E-state index contributed by atoms with van der Waals surface area (Å²) in [5.74, 6) is -0.907. The molecule has 4 aliphatic rings. The second-order valence-corrected chi connectivity index (χ2v) is 8.40. The molecule has 1 aromatic carbocycles. The van der Waals surface area contributed by atoms with Crippen LogP contribution in [0.2, 0.25) is 0 Å². The lowest BCUT2D eigenvalue weighted by atomic mass is 9.85. The Hall–Kier alpha value is -3.81. The van der Waals surface area contributed by atoms with Crippen molar-refractivity contribution in [3.8, 4) is 11.5 Å². The lowest BCUT2D eigenvalue weighted by molar-refractivity contribution is -0.145. The van der Waals surface area contributed by atoms with Crippen molar-refractivity contribution in [3.63, 3.8) is 0 Å². The molecule has 33 heavy (non-hydrogen) atoms. The average Bonchev–Trinajstić information content (AvgIpc) is 3.44. The van der Waals surface area contributed by atoms with Gasteiger partial charge in [0.25, 0.3) is 0 Å². The molecule has 170 valence electrons. The molecule has 4 atom stereocenters. The maximum absolute atomic E-state index is 12.7. The van der Waals surface area contributed by atoms with Gasteiger partial charge in [0.1, 0.15) is 18.3 Å². The van der Waals surface area contributed by atoms with Gasteiger partial charge < -0.3 is 23.7 Å². The molecule has 1 saturated heterocycles. The second-order valence-electron chi connectivity index (χ2n) is 8.40. The molecule has 0 aromatic heterocycles. The maximum Gasteiger partial charge on any atom is 0.334 e. The van der Waals surface area contributed by atoms with E-state index in [0.717, 1.165) is 11.1 Å². The Morgan fingerprint density at radius 1 is 1.09 bits per heavy atom. The number of hydrogen-bond donors (Lipinski definition) is 0. The van der Waals surface area contributed by atoms with Gasteiger partial charge in [0.15, 0.2) is 11.5 Å². The van der Waals surface area contributed by atoms with Gasteiger partial charge in [0.05, 0.1) is 5.92 Å². The van der Waals surface area contributed by atoms with E-state index in [0.29, 0.717) is 23.5 Å². The molecule has 0 saturated carbocycles. The molecular formula is C25H22O8. The van der Waals surface area contributed by atoms with Gasteiger partial charge in [0, 0.05) is 30.1 Å². The summed E-state index contributed by atoms with van der Waals surface area (Å²) >= 11 is 0. The molecule has 5 rings (SSSR count). The van der Waals surface area contributed by atoms with Crippen LogP contribution in [0.15, 0.2) is 59.7 Å². The van der Waals surface area contributed by atoms with Crippen LogP contribution >= 0.6 is 0 Å². The molecule has 0 N–H and O–H groups in total. The van der Waals surface area contributed by atoms with E-state index in [4.69, 9.17) is 23.7 Å². The SMILES string of the molecule is C=C1C(=O)O[C@H]2CC3=C[C@@H](C/C(C)=C/[C@@H](OC(=O)/C=C/c4ccc5c(c4)OCO5)[C@H]12)OC3=O. The minimum absolute atomic E-state index is 0.166. The van der Waals surface area contributed by atoms with Crippen molar-refractivity contribution in [1.82, 2.24) is 0 Å². The van der Waals surface area contributed by atoms with E-state index in [1.165, 1.54) is 6.08 Å². The highest BCUT2D eigenvalue weighted by Crippen LogP contribution is 2.38. The summed E-state index contributed by atoms with van der Waals surface area (Å²) in [5, 5.41) is 0. The summed E-state index contributed by atoms with van der Waals surface area (Å²) in [7, 11) is 0. The van der Waals surface area contributed by atoms with Gasteiger partial charge in [-0.3, -0.25) is 0 Å². The Morgan fingerprint density at radius 3 is 2.76 bits per heavy atom. The number of ether oxygens (including phenoxy) is 5. The number of hydrogen-bond acceptors (Lipinski definition) is 8. The fourth-order valence-corrected chi connectivity index (χ4v) is 4.47. The van der Waals surface area contributed by atoms with Crippen molar-refractivity contribution in [2.75, 3.05) is 6.79 Å². The first-order valence-corrected chi connectivity index (χ1v) is 10.6. The number of rotatable bonds is 3. The van der Waals surface area contributed by atoms with E-state index < -0.39 is 36.0 Å². The standard InChI is InChI=1S/C25H22O8/c1-13-7-17-10-16(25(28)31-17)11-21-23(14(2)24(27)33-21)20(8-13)32-22(26)6-4-15-3-5-18-19(9-15)30-12-29-18/h3-6,8-10,17,20-21,23H,2,7,11-12H2,1H3/b6-4+,13-8+/t17-,20-,21+,23+/m1/s1. The molecule has 3 heterocycles. The molecule has 1 aromatic rings. The average molecular weight is 450 g/mol. The third kappa shape index (κ3) is 4.16. The Morgan fingerprint density at radius 2 is 1.91 bits per heavy atom. The fraction of sp³-hybridized carbons (Fsp3) is 0.320. The van der Waals surface area contributed by atoms with Crippen LogP contribution in [0, 0.1) is 5.92 Å². The van der Waals surface area contributed by atoms with Crippen LogP contribution in [0.3, 0.4) is 0 Å². The molecule has 2 bridgehead atoms. The minimum Gasteiger partial charge on any atom is -0.458 e. The van der Waals surface area contributed by atoms with E-state index >= 15 is 0 Å². The topological polar surface area (TPSA) is 97.4 Å². The van der Waals surface area contributed by atoms with Crippen molar-refractivity contribution in [2.45, 2.75) is 38.1 Å². The first-order valence-electron chi connectivity index (χ1n) is 10.6. The predicted octanol–water partition coefficient (Wildman–Crippen LogP) is 3.03. The molecule has 0 amide bonds. The third-order valence-corrected chi connectivity index (χ3v) is 6.04. The normalized spacial score (nSPS) is 29.7. The molecule has 0 unspecified atom stereocenters. The van der Waals surface area contributed by atoms with Crippen LogP contribution < -0.4 is 9.47 Å².